The molecule has 0 saturated heterocycles. The summed E-state index contributed by atoms with van der Waals surface area (Å²) in [6, 6.07) is 43.2. The van der Waals surface area contributed by atoms with Gasteiger partial charge < -0.3 is 0 Å². The van der Waals surface area contributed by atoms with Gasteiger partial charge in [0.15, 0.2) is 5.82 Å². The van der Waals surface area contributed by atoms with E-state index in [9.17, 15) is 0 Å². The Labute approximate surface area is 304 Å². The van der Waals surface area contributed by atoms with Gasteiger partial charge in [-0.05, 0) is 98.0 Å². The van der Waals surface area contributed by atoms with Gasteiger partial charge in [0.2, 0.25) is 0 Å². The van der Waals surface area contributed by atoms with Gasteiger partial charge in [0.05, 0.1) is 11.4 Å². The van der Waals surface area contributed by atoms with E-state index in [1.807, 2.05) is 18.5 Å². The van der Waals surface area contributed by atoms with Crippen molar-refractivity contribution in [2.45, 2.75) is 25.7 Å². The van der Waals surface area contributed by atoms with Crippen molar-refractivity contribution in [1.82, 2.24) is 15.0 Å². The van der Waals surface area contributed by atoms with Crippen LogP contribution in [0.3, 0.4) is 0 Å². The lowest BCUT2D eigenvalue weighted by molar-refractivity contribution is 0.863. The van der Waals surface area contributed by atoms with E-state index >= 15 is 0 Å². The van der Waals surface area contributed by atoms with Gasteiger partial charge in [0.1, 0.15) is 0 Å². The zero-order valence-corrected chi connectivity index (χ0v) is 29.1. The molecule has 1 atom stereocenters. The highest BCUT2D eigenvalue weighted by atomic mass is 14.9. The zero-order valence-electron chi connectivity index (χ0n) is 29.1. The highest BCUT2D eigenvalue weighted by Crippen LogP contribution is 2.37. The maximum absolute atomic E-state index is 5.22. The molecule has 2 aliphatic rings. The van der Waals surface area contributed by atoms with Gasteiger partial charge in [0.25, 0.3) is 0 Å². The smallest absolute Gasteiger partial charge is 0.160 e. The summed E-state index contributed by atoms with van der Waals surface area (Å²) in [6.45, 7) is 2.21. The number of fused-ring (bicyclic) bond motifs is 2. The Kier molecular flexibility index (Phi) is 8.30. The molecule has 7 aromatic rings. The molecule has 2 aliphatic carbocycles. The van der Waals surface area contributed by atoms with Gasteiger partial charge >= 0.3 is 0 Å². The van der Waals surface area contributed by atoms with Crippen molar-refractivity contribution in [3.63, 3.8) is 0 Å². The summed E-state index contributed by atoms with van der Waals surface area (Å²) in [4.78, 5) is 14.8. The maximum atomic E-state index is 5.22. The molecule has 0 saturated carbocycles. The van der Waals surface area contributed by atoms with Crippen LogP contribution in [0.2, 0.25) is 0 Å². The number of aromatic nitrogens is 3. The van der Waals surface area contributed by atoms with Crippen LogP contribution in [0.4, 0.5) is 0 Å². The van der Waals surface area contributed by atoms with E-state index < -0.39 is 0 Å². The molecule has 248 valence electrons. The van der Waals surface area contributed by atoms with Crippen LogP contribution in [0, 0.1) is 6.92 Å². The zero-order chi connectivity index (χ0) is 34.9. The van der Waals surface area contributed by atoms with E-state index in [-0.39, 0.29) is 0 Å². The van der Waals surface area contributed by atoms with Crippen molar-refractivity contribution in [3.8, 4) is 22.5 Å². The van der Waals surface area contributed by atoms with Gasteiger partial charge in [-0.25, -0.2) is 9.97 Å². The van der Waals surface area contributed by atoms with Crippen LogP contribution in [0.25, 0.3) is 60.8 Å². The number of hydrogen-bond donors (Lipinski definition) is 0. The Morgan fingerprint density at radius 3 is 2.23 bits per heavy atom. The third-order valence-electron chi connectivity index (χ3n) is 10.3. The molecule has 0 bridgehead atoms. The van der Waals surface area contributed by atoms with E-state index in [1.54, 1.807) is 0 Å². The van der Waals surface area contributed by atoms with Crippen LogP contribution in [0.5, 0.6) is 0 Å². The van der Waals surface area contributed by atoms with E-state index in [0.29, 0.717) is 11.7 Å². The number of allylic oxidation sites excluding steroid dienone is 10. The summed E-state index contributed by atoms with van der Waals surface area (Å²) in [6.07, 6.45) is 21.2. The molecule has 1 unspecified atom stereocenters. The lowest BCUT2D eigenvalue weighted by Crippen LogP contribution is -2.03. The predicted molar refractivity (Wildman–Crippen MR) is 218 cm³/mol. The average molecular weight is 668 g/mol. The first-order chi connectivity index (χ1) is 25.7. The molecule has 5 aromatic carbocycles. The van der Waals surface area contributed by atoms with Crippen molar-refractivity contribution in [2.75, 3.05) is 0 Å². The molecule has 0 spiro atoms. The van der Waals surface area contributed by atoms with Crippen LogP contribution in [0.15, 0.2) is 176 Å². The number of aryl methyl sites for hydroxylation is 1. The second kappa shape index (κ2) is 13.7. The van der Waals surface area contributed by atoms with Crippen molar-refractivity contribution in [2.24, 2.45) is 0 Å². The molecular formula is C49H37N3. The Morgan fingerprint density at radius 2 is 1.40 bits per heavy atom. The topological polar surface area (TPSA) is 38.7 Å². The lowest BCUT2D eigenvalue weighted by atomic mass is 9.85. The molecule has 0 radical (unpaired) electrons. The van der Waals surface area contributed by atoms with Crippen LogP contribution in [-0.2, 0) is 0 Å². The minimum atomic E-state index is 0.305. The van der Waals surface area contributed by atoms with E-state index in [4.69, 9.17) is 9.97 Å². The van der Waals surface area contributed by atoms with E-state index in [2.05, 4.69) is 170 Å². The molecule has 2 heterocycles. The van der Waals surface area contributed by atoms with Gasteiger partial charge in [0, 0.05) is 23.9 Å². The first kappa shape index (κ1) is 31.5. The number of benzene rings is 5. The molecule has 0 N–H and O–H groups in total. The number of pyridine rings is 1. The Balaban J connectivity index is 1.10. The van der Waals surface area contributed by atoms with Crippen LogP contribution in [-0.4, -0.2) is 15.0 Å². The van der Waals surface area contributed by atoms with Gasteiger partial charge in [-0.15, -0.1) is 0 Å². The molecule has 3 nitrogen and oxygen atoms in total. The Hall–Kier alpha value is -6.45. The van der Waals surface area contributed by atoms with Crippen molar-refractivity contribution in [3.05, 3.63) is 204 Å². The van der Waals surface area contributed by atoms with Crippen LogP contribution >= 0.6 is 0 Å². The molecule has 0 fully saturated rings. The SMILES string of the molecule is Cc1cccc2cccc(C3C=CC(c4cc(C5=CC=C(c6cccnc6)CC=C5)nc(-c5ccc(-c6cccc7ccccc67)cc5)n4)=CC3)c12. The summed E-state index contributed by atoms with van der Waals surface area (Å²) >= 11 is 0. The fraction of sp³-hybridized carbons (Fsp3) is 0.0816. The standard InChI is InChI=1S/C49H37N3/c1-33-9-4-14-40-15-7-19-45(48(33)40)37-21-26-39(27-22-37)47-31-46(38-13-5-11-34(20-25-38)42-16-8-30-50-32-42)51-49(52-47)41-28-23-36(24-29-41)44-18-6-12-35-10-2-3-17-43(35)44/h2-10,12-21,23-32,37H,11,22H2,1H3. The minimum Gasteiger partial charge on any atom is -0.264 e. The molecule has 0 amide bonds. The third-order valence-corrected chi connectivity index (χ3v) is 10.3. The third kappa shape index (κ3) is 6.12. The van der Waals surface area contributed by atoms with E-state index in [0.717, 1.165) is 46.5 Å². The summed E-state index contributed by atoms with van der Waals surface area (Å²) in [7, 11) is 0. The minimum absolute atomic E-state index is 0.305. The number of nitrogens with zero attached hydrogens (tertiary/aromatic N) is 3. The van der Waals surface area contributed by atoms with Crippen LogP contribution < -0.4 is 0 Å². The fourth-order valence-electron chi connectivity index (χ4n) is 7.62. The van der Waals surface area contributed by atoms with Crippen molar-refractivity contribution < 1.29 is 0 Å². The first-order valence-electron chi connectivity index (χ1n) is 18.0. The quantitative estimate of drug-likeness (QED) is 0.177. The van der Waals surface area contributed by atoms with Gasteiger partial charge in [-0.3, -0.25) is 4.98 Å². The first-order valence-corrected chi connectivity index (χ1v) is 18.0. The Morgan fingerprint density at radius 1 is 0.635 bits per heavy atom. The number of hydrogen-bond acceptors (Lipinski definition) is 3. The van der Waals surface area contributed by atoms with E-state index in [1.165, 1.54) is 49.4 Å². The molecular weight excluding hydrogens is 631 g/mol. The average Bonchev–Trinajstić information content (AvgIpc) is 3.48. The molecule has 9 rings (SSSR count). The van der Waals surface area contributed by atoms with Crippen LogP contribution in [0.1, 0.15) is 46.8 Å². The monoisotopic (exact) mass is 667 g/mol. The van der Waals surface area contributed by atoms with Crippen molar-refractivity contribution >= 4 is 38.3 Å². The fourth-order valence-corrected chi connectivity index (χ4v) is 7.62. The van der Waals surface area contributed by atoms with Gasteiger partial charge in [-0.1, -0.05) is 152 Å². The summed E-state index contributed by atoms with van der Waals surface area (Å²) in [5, 5.41) is 5.14. The molecule has 52 heavy (non-hydrogen) atoms. The highest BCUT2D eigenvalue weighted by molar-refractivity contribution is 5.97. The lowest BCUT2D eigenvalue weighted by Gasteiger charge is -2.20. The predicted octanol–water partition coefficient (Wildman–Crippen LogP) is 12.4. The summed E-state index contributed by atoms with van der Waals surface area (Å²) < 4.78 is 0. The number of rotatable bonds is 6. The second-order valence-electron chi connectivity index (χ2n) is 13.6. The largest absolute Gasteiger partial charge is 0.264 e. The molecule has 3 heteroatoms. The summed E-state index contributed by atoms with van der Waals surface area (Å²) in [5.41, 5.74) is 12.4. The summed E-state index contributed by atoms with van der Waals surface area (Å²) in [5.74, 6) is 1.02. The normalized spacial score (nSPS) is 15.6. The van der Waals surface area contributed by atoms with Gasteiger partial charge in [-0.2, -0.15) is 0 Å². The Bertz CT molecular complexity index is 2610. The van der Waals surface area contributed by atoms with Crippen molar-refractivity contribution in [1.29, 1.82) is 0 Å². The second-order valence-corrected chi connectivity index (χ2v) is 13.6. The molecule has 0 aliphatic heterocycles. The highest BCUT2D eigenvalue weighted by Gasteiger charge is 2.18. The maximum Gasteiger partial charge on any atom is 0.160 e. The molecule has 2 aromatic heterocycles.